The normalized spacial score (nSPS) is 17.5. The minimum absolute atomic E-state index is 0.0561. The molecule has 146 valence electrons. The van der Waals surface area contributed by atoms with Gasteiger partial charge in [0.05, 0.1) is 12.1 Å². The van der Waals surface area contributed by atoms with E-state index in [0.29, 0.717) is 31.7 Å². The van der Waals surface area contributed by atoms with E-state index in [4.69, 9.17) is 0 Å². The molecule has 0 spiro atoms. The first-order chi connectivity index (χ1) is 13.0. The maximum absolute atomic E-state index is 12.7. The molecule has 3 heterocycles. The molecule has 9 heteroatoms. The molecule has 1 atom stereocenters. The van der Waals surface area contributed by atoms with Gasteiger partial charge in [0, 0.05) is 44.5 Å². The van der Waals surface area contributed by atoms with Crippen LogP contribution in [0.4, 0.5) is 0 Å². The van der Waals surface area contributed by atoms with Gasteiger partial charge in [0.2, 0.25) is 0 Å². The van der Waals surface area contributed by atoms with Crippen molar-refractivity contribution in [3.05, 3.63) is 40.6 Å². The molecule has 1 aliphatic rings. The maximum atomic E-state index is 12.7. The van der Waals surface area contributed by atoms with Crippen molar-refractivity contribution in [1.82, 2.24) is 34.1 Å². The van der Waals surface area contributed by atoms with Crippen LogP contribution in [-0.4, -0.2) is 73.8 Å². The van der Waals surface area contributed by atoms with Crippen molar-refractivity contribution in [2.24, 2.45) is 0 Å². The van der Waals surface area contributed by atoms with Crippen LogP contribution in [0.1, 0.15) is 41.9 Å². The van der Waals surface area contributed by atoms with Gasteiger partial charge in [-0.25, -0.2) is 19.4 Å². The highest BCUT2D eigenvalue weighted by atomic mass is 16.2. The first-order valence-electron chi connectivity index (χ1n) is 9.37. The number of aromatic nitrogens is 5. The number of nitrogens with zero attached hydrogens (tertiary/aromatic N) is 7. The summed E-state index contributed by atoms with van der Waals surface area (Å²) in [7, 11) is 3.95. The summed E-state index contributed by atoms with van der Waals surface area (Å²) in [5.41, 5.74) is 0.414. The average molecular weight is 373 g/mol. The van der Waals surface area contributed by atoms with Gasteiger partial charge in [-0.15, -0.1) is 0 Å². The second-order valence-corrected chi connectivity index (χ2v) is 7.13. The Bertz CT molecular complexity index is 828. The lowest BCUT2D eigenvalue weighted by molar-refractivity contribution is 0.0702. The Kier molecular flexibility index (Phi) is 6.00. The van der Waals surface area contributed by atoms with E-state index in [1.54, 1.807) is 9.25 Å². The van der Waals surface area contributed by atoms with Gasteiger partial charge in [-0.05, 0) is 33.9 Å². The molecule has 0 bridgehead atoms. The average Bonchev–Trinajstić information content (AvgIpc) is 3.02. The van der Waals surface area contributed by atoms with Gasteiger partial charge in [-0.3, -0.25) is 9.36 Å². The molecule has 0 radical (unpaired) electrons. The number of hydrogen-bond acceptors (Lipinski definition) is 6. The molecule has 0 aromatic carbocycles. The quantitative estimate of drug-likeness (QED) is 0.730. The zero-order valence-corrected chi connectivity index (χ0v) is 16.2. The summed E-state index contributed by atoms with van der Waals surface area (Å²) in [6, 6.07) is 0. The van der Waals surface area contributed by atoms with E-state index in [2.05, 4.69) is 15.1 Å². The molecule has 3 rings (SSSR count). The lowest BCUT2D eigenvalue weighted by atomic mass is 9.96. The van der Waals surface area contributed by atoms with Crippen LogP contribution < -0.4 is 5.69 Å². The Balaban J connectivity index is 1.80. The van der Waals surface area contributed by atoms with Crippen molar-refractivity contribution < 1.29 is 4.79 Å². The molecule has 1 fully saturated rings. The summed E-state index contributed by atoms with van der Waals surface area (Å²) in [6.45, 7) is 5.09. The molecule has 1 saturated heterocycles. The summed E-state index contributed by atoms with van der Waals surface area (Å²) in [5.74, 6) is 0.765. The second kappa shape index (κ2) is 8.43. The number of carbonyl (C=O) groups is 1. The van der Waals surface area contributed by atoms with Gasteiger partial charge >= 0.3 is 5.69 Å². The zero-order chi connectivity index (χ0) is 19.4. The first-order valence-corrected chi connectivity index (χ1v) is 9.37. The van der Waals surface area contributed by atoms with E-state index in [-0.39, 0.29) is 17.5 Å². The minimum Gasteiger partial charge on any atom is -0.338 e. The van der Waals surface area contributed by atoms with E-state index < -0.39 is 0 Å². The van der Waals surface area contributed by atoms with Gasteiger partial charge < -0.3 is 9.80 Å². The van der Waals surface area contributed by atoms with Crippen LogP contribution in [-0.2, 0) is 13.1 Å². The number of hydrogen-bond donors (Lipinski definition) is 0. The Hall–Kier alpha value is -2.55. The van der Waals surface area contributed by atoms with E-state index in [9.17, 15) is 9.59 Å². The third kappa shape index (κ3) is 4.24. The monoisotopic (exact) mass is 373 g/mol. The minimum atomic E-state index is -0.0748. The van der Waals surface area contributed by atoms with E-state index in [1.165, 1.54) is 18.7 Å². The molecular formula is C18H27N7O2. The fourth-order valence-electron chi connectivity index (χ4n) is 3.46. The predicted octanol–water partition coefficient (Wildman–Crippen LogP) is 0.436. The molecule has 9 nitrogen and oxygen atoms in total. The highest BCUT2D eigenvalue weighted by Crippen LogP contribution is 2.26. The third-order valence-corrected chi connectivity index (χ3v) is 4.91. The molecular weight excluding hydrogens is 346 g/mol. The van der Waals surface area contributed by atoms with Crippen LogP contribution in [0.5, 0.6) is 0 Å². The SMILES string of the molecule is CCn1c([C@@H]2CCCN(C(=O)c3cncnc3)C2)nn(CCN(C)C)c1=O. The Morgan fingerprint density at radius 1 is 1.30 bits per heavy atom. The van der Waals surface area contributed by atoms with E-state index in [1.807, 2.05) is 30.8 Å². The molecule has 0 aliphatic carbocycles. The van der Waals surface area contributed by atoms with Crippen molar-refractivity contribution in [3.8, 4) is 0 Å². The van der Waals surface area contributed by atoms with Crippen LogP contribution in [0.25, 0.3) is 0 Å². The van der Waals surface area contributed by atoms with Crippen LogP contribution in [0.15, 0.2) is 23.5 Å². The fourth-order valence-corrected chi connectivity index (χ4v) is 3.46. The third-order valence-electron chi connectivity index (χ3n) is 4.91. The summed E-state index contributed by atoms with van der Waals surface area (Å²) in [4.78, 5) is 37.1. The summed E-state index contributed by atoms with van der Waals surface area (Å²) in [6.07, 6.45) is 6.29. The Morgan fingerprint density at radius 2 is 2.04 bits per heavy atom. The molecule has 2 aromatic heterocycles. The molecule has 0 saturated carbocycles. The smallest absolute Gasteiger partial charge is 0.338 e. The number of carbonyl (C=O) groups excluding carboxylic acids is 1. The second-order valence-electron chi connectivity index (χ2n) is 7.13. The van der Waals surface area contributed by atoms with Crippen molar-refractivity contribution in [3.63, 3.8) is 0 Å². The molecule has 1 amide bonds. The number of likely N-dealkylation sites (N-methyl/N-ethyl adjacent to an activating group) is 1. The van der Waals surface area contributed by atoms with Gasteiger partial charge in [-0.2, -0.15) is 5.10 Å². The van der Waals surface area contributed by atoms with Gasteiger partial charge in [-0.1, -0.05) is 0 Å². The number of amides is 1. The summed E-state index contributed by atoms with van der Waals surface area (Å²) < 4.78 is 3.28. The van der Waals surface area contributed by atoms with Gasteiger partial charge in [0.15, 0.2) is 0 Å². The number of rotatable bonds is 6. The van der Waals surface area contributed by atoms with Crippen LogP contribution in [0, 0.1) is 0 Å². The lowest BCUT2D eigenvalue weighted by Gasteiger charge is -2.32. The van der Waals surface area contributed by atoms with Crippen molar-refractivity contribution in [2.45, 2.75) is 38.8 Å². The molecule has 1 aliphatic heterocycles. The Morgan fingerprint density at radius 3 is 2.70 bits per heavy atom. The largest absolute Gasteiger partial charge is 0.345 e. The molecule has 0 unspecified atom stereocenters. The van der Waals surface area contributed by atoms with Crippen molar-refractivity contribution in [2.75, 3.05) is 33.7 Å². The first kappa shape index (κ1) is 19.2. The lowest BCUT2D eigenvalue weighted by Crippen LogP contribution is -2.40. The number of piperidine rings is 1. The standard InChI is InChI=1S/C18H27N7O2/c1-4-24-16(21-25(18(24)27)9-8-22(2)3)14-6-5-7-23(12-14)17(26)15-10-19-13-20-11-15/h10-11,13-14H,4-9,12H2,1-3H3/t14-/m1/s1. The molecule has 2 aromatic rings. The molecule has 0 N–H and O–H groups in total. The van der Waals surface area contributed by atoms with Gasteiger partial charge in [0.1, 0.15) is 12.2 Å². The van der Waals surface area contributed by atoms with Crippen LogP contribution in [0.2, 0.25) is 0 Å². The van der Waals surface area contributed by atoms with Crippen molar-refractivity contribution >= 4 is 5.91 Å². The highest BCUT2D eigenvalue weighted by molar-refractivity contribution is 5.93. The topological polar surface area (TPSA) is 89.2 Å². The van der Waals surface area contributed by atoms with Crippen LogP contribution in [0.3, 0.4) is 0 Å². The van der Waals surface area contributed by atoms with Gasteiger partial charge in [0.25, 0.3) is 5.91 Å². The Labute approximate surface area is 158 Å². The zero-order valence-electron chi connectivity index (χ0n) is 16.2. The highest BCUT2D eigenvalue weighted by Gasteiger charge is 2.29. The maximum Gasteiger partial charge on any atom is 0.345 e. The summed E-state index contributed by atoms with van der Waals surface area (Å²) in [5, 5.41) is 4.62. The predicted molar refractivity (Wildman–Crippen MR) is 101 cm³/mol. The fraction of sp³-hybridized carbons (Fsp3) is 0.611. The number of likely N-dealkylation sites (tertiary alicyclic amines) is 1. The van der Waals surface area contributed by atoms with Crippen LogP contribution >= 0.6 is 0 Å². The van der Waals surface area contributed by atoms with E-state index in [0.717, 1.165) is 25.2 Å². The molecule has 27 heavy (non-hydrogen) atoms. The summed E-state index contributed by atoms with van der Waals surface area (Å²) >= 11 is 0. The van der Waals surface area contributed by atoms with E-state index >= 15 is 0 Å². The van der Waals surface area contributed by atoms with Crippen molar-refractivity contribution in [1.29, 1.82) is 0 Å².